The van der Waals surface area contributed by atoms with Gasteiger partial charge in [0.1, 0.15) is 0 Å². The molecule has 0 bridgehead atoms. The van der Waals surface area contributed by atoms with Gasteiger partial charge >= 0.3 is 0 Å². The first-order chi connectivity index (χ1) is 9.06. The van der Waals surface area contributed by atoms with Crippen LogP contribution in [0.15, 0.2) is 24.3 Å². The summed E-state index contributed by atoms with van der Waals surface area (Å²) in [5, 5.41) is 4.32. The fourth-order valence-electron chi connectivity index (χ4n) is 3.34. The molecular weight excluding hydrogens is 256 g/mol. The van der Waals surface area contributed by atoms with Crippen LogP contribution in [0, 0.1) is 5.92 Å². The summed E-state index contributed by atoms with van der Waals surface area (Å²) in [4.78, 5) is 2.58. The van der Waals surface area contributed by atoms with Gasteiger partial charge in [-0.2, -0.15) is 0 Å². The lowest BCUT2D eigenvalue weighted by Gasteiger charge is -2.45. The molecule has 1 aliphatic rings. The van der Waals surface area contributed by atoms with E-state index in [0.29, 0.717) is 24.0 Å². The summed E-state index contributed by atoms with van der Waals surface area (Å²) in [5.74, 6) is 0.656. The molecule has 0 amide bonds. The third kappa shape index (κ3) is 2.96. The van der Waals surface area contributed by atoms with Gasteiger partial charge in [0.05, 0.1) is 0 Å². The topological polar surface area (TPSA) is 15.3 Å². The van der Waals surface area contributed by atoms with E-state index in [-0.39, 0.29) is 0 Å². The lowest BCUT2D eigenvalue weighted by Crippen LogP contribution is -2.53. The van der Waals surface area contributed by atoms with Crippen LogP contribution in [-0.4, -0.2) is 30.6 Å². The maximum atomic E-state index is 6.34. The number of hydrogen-bond acceptors (Lipinski definition) is 2. The normalized spacial score (nSPS) is 30.3. The van der Waals surface area contributed by atoms with Gasteiger partial charge in [-0.3, -0.25) is 4.90 Å². The number of likely N-dealkylation sites (tertiary alicyclic amines) is 1. The first-order valence-corrected chi connectivity index (χ1v) is 7.61. The summed E-state index contributed by atoms with van der Waals surface area (Å²) >= 11 is 6.34. The van der Waals surface area contributed by atoms with Gasteiger partial charge in [-0.1, -0.05) is 36.7 Å². The van der Waals surface area contributed by atoms with Crippen molar-refractivity contribution in [3.8, 4) is 0 Å². The first-order valence-electron chi connectivity index (χ1n) is 7.23. The highest BCUT2D eigenvalue weighted by atomic mass is 35.5. The zero-order valence-electron chi connectivity index (χ0n) is 12.4. The highest BCUT2D eigenvalue weighted by molar-refractivity contribution is 6.31. The number of hydrogen-bond donors (Lipinski definition) is 1. The molecule has 1 aromatic rings. The largest absolute Gasteiger partial charge is 0.317 e. The zero-order chi connectivity index (χ0) is 14.0. The highest BCUT2D eigenvalue weighted by Gasteiger charge is 2.34. The molecule has 0 aromatic heterocycles. The van der Waals surface area contributed by atoms with Crippen LogP contribution >= 0.6 is 11.6 Å². The van der Waals surface area contributed by atoms with Gasteiger partial charge in [-0.25, -0.2) is 0 Å². The van der Waals surface area contributed by atoms with Gasteiger partial charge in [0.15, 0.2) is 0 Å². The molecule has 1 aromatic carbocycles. The van der Waals surface area contributed by atoms with Crippen molar-refractivity contribution in [2.75, 3.05) is 13.6 Å². The van der Waals surface area contributed by atoms with Gasteiger partial charge in [-0.15, -0.1) is 0 Å². The molecule has 2 nitrogen and oxygen atoms in total. The Morgan fingerprint density at radius 2 is 2.00 bits per heavy atom. The van der Waals surface area contributed by atoms with Crippen molar-refractivity contribution in [3.05, 3.63) is 34.9 Å². The van der Waals surface area contributed by atoms with E-state index in [4.69, 9.17) is 11.6 Å². The minimum atomic E-state index is 0.379. The van der Waals surface area contributed by atoms with Crippen molar-refractivity contribution in [1.82, 2.24) is 10.2 Å². The van der Waals surface area contributed by atoms with Gasteiger partial charge in [-0.05, 0) is 44.9 Å². The summed E-state index contributed by atoms with van der Waals surface area (Å²) in [6.45, 7) is 8.08. The second kappa shape index (κ2) is 6.25. The van der Waals surface area contributed by atoms with Crippen LogP contribution in [0.2, 0.25) is 5.02 Å². The van der Waals surface area contributed by atoms with Crippen molar-refractivity contribution in [2.45, 2.75) is 45.3 Å². The maximum absolute atomic E-state index is 6.34. The molecule has 1 saturated heterocycles. The van der Waals surface area contributed by atoms with Crippen molar-refractivity contribution in [3.63, 3.8) is 0 Å². The van der Waals surface area contributed by atoms with Crippen molar-refractivity contribution < 1.29 is 0 Å². The molecule has 4 unspecified atom stereocenters. The summed E-state index contributed by atoms with van der Waals surface area (Å²) in [7, 11) is 2.07. The number of nitrogens with zero attached hydrogens (tertiary/aromatic N) is 1. The summed E-state index contributed by atoms with van der Waals surface area (Å²) in [5.41, 5.74) is 1.24. The monoisotopic (exact) mass is 280 g/mol. The Balaban J connectivity index is 2.16. The number of piperidine rings is 1. The molecule has 19 heavy (non-hydrogen) atoms. The standard InChI is InChI=1S/C16H25ClN2/c1-11-12(2)19(10-9-16(11)18-4)13(3)14-7-5-6-8-15(14)17/h5-8,11-13,16,18H,9-10H2,1-4H3. The number of nitrogens with one attached hydrogen (secondary N) is 1. The molecule has 1 N–H and O–H groups in total. The second-order valence-electron chi connectivity index (χ2n) is 5.72. The summed E-state index contributed by atoms with van der Waals surface area (Å²) in [6.07, 6.45) is 1.21. The van der Waals surface area contributed by atoms with Crippen LogP contribution in [0.3, 0.4) is 0 Å². The number of rotatable bonds is 3. The SMILES string of the molecule is CNC1CCN(C(C)c2ccccc2Cl)C(C)C1C. The molecule has 1 aliphatic heterocycles. The third-order valence-corrected chi connectivity index (χ3v) is 5.18. The molecule has 0 spiro atoms. The third-order valence-electron chi connectivity index (χ3n) is 4.84. The van der Waals surface area contributed by atoms with E-state index in [1.54, 1.807) is 0 Å². The average molecular weight is 281 g/mol. The molecule has 4 atom stereocenters. The van der Waals surface area contributed by atoms with Gasteiger partial charge < -0.3 is 5.32 Å². The Hall–Kier alpha value is -0.570. The van der Waals surface area contributed by atoms with Crippen LogP contribution in [0.5, 0.6) is 0 Å². The molecule has 0 radical (unpaired) electrons. The van der Waals surface area contributed by atoms with E-state index >= 15 is 0 Å². The Morgan fingerprint density at radius 1 is 1.32 bits per heavy atom. The van der Waals surface area contributed by atoms with Crippen LogP contribution < -0.4 is 5.32 Å². The smallest absolute Gasteiger partial charge is 0.0453 e. The zero-order valence-corrected chi connectivity index (χ0v) is 13.1. The molecule has 106 valence electrons. The van der Waals surface area contributed by atoms with Crippen molar-refractivity contribution in [1.29, 1.82) is 0 Å². The Bertz CT molecular complexity index is 421. The van der Waals surface area contributed by atoms with Crippen molar-refractivity contribution in [2.24, 2.45) is 5.92 Å². The van der Waals surface area contributed by atoms with Crippen LogP contribution in [0.1, 0.15) is 38.8 Å². The Labute approximate surface area is 122 Å². The van der Waals surface area contributed by atoms with E-state index in [0.717, 1.165) is 11.6 Å². The molecule has 2 rings (SSSR count). The molecule has 3 heteroatoms. The van der Waals surface area contributed by atoms with E-state index in [9.17, 15) is 0 Å². The van der Waals surface area contributed by atoms with Crippen LogP contribution in [0.4, 0.5) is 0 Å². The molecule has 1 fully saturated rings. The van der Waals surface area contributed by atoms with E-state index < -0.39 is 0 Å². The van der Waals surface area contributed by atoms with Gasteiger partial charge in [0, 0.05) is 29.7 Å². The summed E-state index contributed by atoms with van der Waals surface area (Å²) < 4.78 is 0. The van der Waals surface area contributed by atoms with Crippen LogP contribution in [-0.2, 0) is 0 Å². The Morgan fingerprint density at radius 3 is 2.63 bits per heavy atom. The van der Waals surface area contributed by atoms with E-state index in [1.807, 2.05) is 12.1 Å². The predicted octanol–water partition coefficient (Wildman–Crippen LogP) is 3.72. The van der Waals surface area contributed by atoms with E-state index in [1.165, 1.54) is 12.0 Å². The number of benzene rings is 1. The molecule has 0 aliphatic carbocycles. The minimum absolute atomic E-state index is 0.379. The first kappa shape index (κ1) is 14.8. The lowest BCUT2D eigenvalue weighted by atomic mass is 9.85. The summed E-state index contributed by atoms with van der Waals surface area (Å²) in [6, 6.07) is 9.78. The quantitative estimate of drug-likeness (QED) is 0.908. The minimum Gasteiger partial charge on any atom is -0.317 e. The maximum Gasteiger partial charge on any atom is 0.0453 e. The number of halogens is 1. The molecular formula is C16H25ClN2. The van der Waals surface area contributed by atoms with Crippen molar-refractivity contribution >= 4 is 11.6 Å². The predicted molar refractivity (Wildman–Crippen MR) is 82.7 cm³/mol. The average Bonchev–Trinajstić information content (AvgIpc) is 2.41. The fourth-order valence-corrected chi connectivity index (χ4v) is 3.63. The fraction of sp³-hybridized carbons (Fsp3) is 0.625. The Kier molecular flexibility index (Phi) is 4.88. The van der Waals surface area contributed by atoms with Crippen LogP contribution in [0.25, 0.3) is 0 Å². The van der Waals surface area contributed by atoms with Gasteiger partial charge in [0.25, 0.3) is 0 Å². The molecule has 0 saturated carbocycles. The van der Waals surface area contributed by atoms with E-state index in [2.05, 4.69) is 50.2 Å². The lowest BCUT2D eigenvalue weighted by molar-refractivity contribution is 0.0546. The van der Waals surface area contributed by atoms with Gasteiger partial charge in [0.2, 0.25) is 0 Å². The molecule has 1 heterocycles. The highest BCUT2D eigenvalue weighted by Crippen LogP contribution is 2.34. The second-order valence-corrected chi connectivity index (χ2v) is 6.13.